The zero-order valence-corrected chi connectivity index (χ0v) is 16.6. The van der Waals surface area contributed by atoms with E-state index in [1.165, 1.54) is 14.2 Å². The number of allylic oxidation sites excluding steroid dienone is 3. The van der Waals surface area contributed by atoms with E-state index >= 15 is 0 Å². The lowest BCUT2D eigenvalue weighted by Crippen LogP contribution is -2.33. The summed E-state index contributed by atoms with van der Waals surface area (Å²) in [5.74, 6) is 0.679. The number of nitrogens with zero attached hydrogens (tertiary/aromatic N) is 3. The van der Waals surface area contributed by atoms with Gasteiger partial charge in [0.05, 0.1) is 36.9 Å². The molecular formula is C22H23N3O3. The van der Waals surface area contributed by atoms with Crippen molar-refractivity contribution < 1.29 is 14.6 Å². The van der Waals surface area contributed by atoms with Crippen LogP contribution in [0.25, 0.3) is 5.57 Å². The first kappa shape index (κ1) is 19.2. The average molecular weight is 377 g/mol. The van der Waals surface area contributed by atoms with Crippen LogP contribution >= 0.6 is 0 Å². The second kappa shape index (κ2) is 7.57. The van der Waals surface area contributed by atoms with E-state index in [-0.39, 0.29) is 11.5 Å². The van der Waals surface area contributed by atoms with E-state index in [0.717, 1.165) is 28.2 Å². The van der Waals surface area contributed by atoms with Gasteiger partial charge in [0.25, 0.3) is 0 Å². The molecule has 0 spiro atoms. The molecule has 0 atom stereocenters. The van der Waals surface area contributed by atoms with E-state index in [1.54, 1.807) is 12.1 Å². The minimum atomic E-state index is -0.00316. The number of ether oxygens (including phenoxy) is 2. The second-order valence-corrected chi connectivity index (χ2v) is 6.42. The van der Waals surface area contributed by atoms with Gasteiger partial charge in [0, 0.05) is 12.6 Å². The first-order valence-electron chi connectivity index (χ1n) is 8.81. The number of aromatic hydroxyl groups is 1. The Hall–Kier alpha value is -3.59. The molecule has 28 heavy (non-hydrogen) atoms. The highest BCUT2D eigenvalue weighted by Gasteiger charge is 2.33. The Kier molecular flexibility index (Phi) is 5.18. The Morgan fingerprint density at radius 1 is 1.04 bits per heavy atom. The van der Waals surface area contributed by atoms with Crippen LogP contribution in [-0.4, -0.2) is 31.4 Å². The normalized spacial score (nSPS) is 15.6. The fraction of sp³-hybridized carbons (Fsp3) is 0.227. The molecule has 0 bridgehead atoms. The van der Waals surface area contributed by atoms with Gasteiger partial charge in [0.2, 0.25) is 5.75 Å². The second-order valence-electron chi connectivity index (χ2n) is 6.42. The topological polar surface area (TPSA) is 69.0 Å². The van der Waals surface area contributed by atoms with E-state index in [9.17, 15) is 10.4 Å². The van der Waals surface area contributed by atoms with Gasteiger partial charge in [0.1, 0.15) is 6.07 Å². The Labute approximate surface area is 165 Å². The minimum absolute atomic E-state index is 0.00316. The zero-order chi connectivity index (χ0) is 20.4. The average Bonchev–Trinajstić information content (AvgIpc) is 2.98. The number of rotatable bonds is 4. The first-order valence-corrected chi connectivity index (χ1v) is 8.81. The Morgan fingerprint density at radius 2 is 1.68 bits per heavy atom. The predicted octanol–water partition coefficient (Wildman–Crippen LogP) is 4.30. The Morgan fingerprint density at radius 3 is 2.25 bits per heavy atom. The molecule has 0 unspecified atom stereocenters. The van der Waals surface area contributed by atoms with E-state index in [1.807, 2.05) is 61.2 Å². The fourth-order valence-corrected chi connectivity index (χ4v) is 3.47. The van der Waals surface area contributed by atoms with Crippen molar-refractivity contribution in [2.45, 2.75) is 13.8 Å². The lowest BCUT2D eigenvalue weighted by atomic mass is 9.99. The maximum atomic E-state index is 10.1. The summed E-state index contributed by atoms with van der Waals surface area (Å²) in [5.41, 5.74) is 4.71. The molecule has 0 aliphatic carbocycles. The van der Waals surface area contributed by atoms with Crippen molar-refractivity contribution >= 4 is 11.3 Å². The van der Waals surface area contributed by atoms with Crippen molar-refractivity contribution in [3.05, 3.63) is 65.0 Å². The number of phenols is 1. The molecule has 0 fully saturated rings. The van der Waals surface area contributed by atoms with Crippen molar-refractivity contribution in [2.24, 2.45) is 0 Å². The molecule has 2 aromatic carbocycles. The van der Waals surface area contributed by atoms with Crippen LogP contribution < -0.4 is 14.5 Å². The van der Waals surface area contributed by atoms with Gasteiger partial charge in [-0.05, 0) is 43.7 Å². The van der Waals surface area contributed by atoms with Crippen LogP contribution in [0.4, 0.5) is 5.69 Å². The summed E-state index contributed by atoms with van der Waals surface area (Å²) in [6.45, 7) is 3.85. The molecule has 0 radical (unpaired) electrons. The SMILES string of the molecule is COc1c(O)ccc(/C(C)=C2\C(C#N)=C(C)N(C)N2c2ccccc2)c1OC. The summed E-state index contributed by atoms with van der Waals surface area (Å²) < 4.78 is 10.9. The zero-order valence-electron chi connectivity index (χ0n) is 16.6. The van der Waals surface area contributed by atoms with E-state index in [0.29, 0.717) is 11.3 Å². The van der Waals surface area contributed by atoms with Gasteiger partial charge >= 0.3 is 0 Å². The maximum Gasteiger partial charge on any atom is 0.203 e. The molecule has 0 saturated heterocycles. The third-order valence-corrected chi connectivity index (χ3v) is 4.97. The number of hydrogen-bond acceptors (Lipinski definition) is 6. The van der Waals surface area contributed by atoms with Crippen LogP contribution in [0.2, 0.25) is 0 Å². The molecule has 144 valence electrons. The quantitative estimate of drug-likeness (QED) is 0.856. The van der Waals surface area contributed by atoms with Crippen molar-refractivity contribution in [3.63, 3.8) is 0 Å². The lowest BCUT2D eigenvalue weighted by Gasteiger charge is -2.31. The van der Waals surface area contributed by atoms with Gasteiger partial charge in [-0.3, -0.25) is 10.0 Å². The highest BCUT2D eigenvalue weighted by molar-refractivity contribution is 5.83. The molecule has 6 nitrogen and oxygen atoms in total. The molecule has 2 aromatic rings. The minimum Gasteiger partial charge on any atom is -0.504 e. The lowest BCUT2D eigenvalue weighted by molar-refractivity contribution is 0.332. The van der Waals surface area contributed by atoms with Crippen molar-refractivity contribution in [2.75, 3.05) is 26.3 Å². The molecule has 3 rings (SSSR count). The van der Waals surface area contributed by atoms with Gasteiger partial charge in [-0.15, -0.1) is 0 Å². The molecule has 1 N–H and O–H groups in total. The van der Waals surface area contributed by atoms with E-state index in [4.69, 9.17) is 9.47 Å². The maximum absolute atomic E-state index is 10.1. The standard InChI is InChI=1S/C22H23N3O3/c1-14(17-11-12-19(26)22(28-5)21(17)27-4)20-18(13-23)15(2)24(3)25(20)16-9-7-6-8-10-16/h6-12,26H,1-5H3/b20-14+. The van der Waals surface area contributed by atoms with Gasteiger partial charge in [-0.2, -0.15) is 5.26 Å². The highest BCUT2D eigenvalue weighted by atomic mass is 16.5. The highest BCUT2D eigenvalue weighted by Crippen LogP contribution is 2.45. The van der Waals surface area contributed by atoms with Gasteiger partial charge in [0.15, 0.2) is 11.5 Å². The number of methoxy groups -OCH3 is 2. The van der Waals surface area contributed by atoms with Gasteiger partial charge in [-0.25, -0.2) is 0 Å². The smallest absolute Gasteiger partial charge is 0.203 e. The van der Waals surface area contributed by atoms with Crippen LogP contribution in [0, 0.1) is 11.3 Å². The van der Waals surface area contributed by atoms with Crippen LogP contribution in [0.15, 0.2) is 59.4 Å². The van der Waals surface area contributed by atoms with Crippen LogP contribution in [0.5, 0.6) is 17.2 Å². The van der Waals surface area contributed by atoms with E-state index in [2.05, 4.69) is 6.07 Å². The number of benzene rings is 2. The van der Waals surface area contributed by atoms with Crippen LogP contribution in [0.3, 0.4) is 0 Å². The van der Waals surface area contributed by atoms with Crippen molar-refractivity contribution in [1.82, 2.24) is 5.01 Å². The third-order valence-electron chi connectivity index (χ3n) is 4.97. The summed E-state index contributed by atoms with van der Waals surface area (Å²) in [4.78, 5) is 0. The largest absolute Gasteiger partial charge is 0.504 e. The van der Waals surface area contributed by atoms with Crippen LogP contribution in [0.1, 0.15) is 19.4 Å². The molecule has 0 saturated carbocycles. The molecule has 6 heteroatoms. The predicted molar refractivity (Wildman–Crippen MR) is 109 cm³/mol. The number of anilines is 1. The summed E-state index contributed by atoms with van der Waals surface area (Å²) in [6.07, 6.45) is 0. The molecule has 0 amide bonds. The molecule has 1 heterocycles. The van der Waals surface area contributed by atoms with Crippen molar-refractivity contribution in [1.29, 1.82) is 5.26 Å². The molecule has 1 aliphatic rings. The number of hydrogen-bond donors (Lipinski definition) is 1. The fourth-order valence-electron chi connectivity index (χ4n) is 3.47. The number of para-hydroxylation sites is 1. The summed E-state index contributed by atoms with van der Waals surface area (Å²) in [7, 11) is 4.93. The summed E-state index contributed by atoms with van der Waals surface area (Å²) in [6, 6.07) is 15.5. The molecule has 0 aromatic heterocycles. The molecular weight excluding hydrogens is 354 g/mol. The number of phenolic OH excluding ortho intramolecular Hbond substituents is 1. The third kappa shape index (κ3) is 2.91. The van der Waals surface area contributed by atoms with Crippen molar-refractivity contribution in [3.8, 4) is 23.3 Å². The first-order chi connectivity index (χ1) is 13.5. The van der Waals surface area contributed by atoms with E-state index < -0.39 is 0 Å². The summed E-state index contributed by atoms with van der Waals surface area (Å²) >= 11 is 0. The molecule has 1 aliphatic heterocycles. The monoisotopic (exact) mass is 377 g/mol. The number of nitriles is 1. The van der Waals surface area contributed by atoms with Gasteiger partial charge in [-0.1, -0.05) is 18.2 Å². The van der Waals surface area contributed by atoms with Gasteiger partial charge < -0.3 is 14.6 Å². The summed E-state index contributed by atoms with van der Waals surface area (Å²) in [5, 5.41) is 23.9. The number of hydrazine groups is 1. The van der Waals surface area contributed by atoms with Crippen LogP contribution in [-0.2, 0) is 0 Å². The Bertz CT molecular complexity index is 1000. The Balaban J connectivity index is 2.31.